The minimum absolute atomic E-state index is 0.0622. The molecule has 2 aromatic carbocycles. The Labute approximate surface area is 183 Å². The van der Waals surface area contributed by atoms with E-state index in [2.05, 4.69) is 20.4 Å². The van der Waals surface area contributed by atoms with E-state index in [0.717, 1.165) is 25.5 Å². The van der Waals surface area contributed by atoms with E-state index in [0.29, 0.717) is 30.4 Å². The fourth-order valence-corrected chi connectivity index (χ4v) is 3.80. The molecule has 1 unspecified atom stereocenters. The Morgan fingerprint density at radius 3 is 2.81 bits per heavy atom. The van der Waals surface area contributed by atoms with E-state index in [4.69, 9.17) is 16.1 Å². The zero-order chi connectivity index (χ0) is 21.8. The number of nitrogens with one attached hydrogen (secondary N) is 1. The standard InChI is InChI=1S/C22H21ClF2N4O2/c23-16-5-8-19(18(25)12-16)26-20(30)9-11-29-10-1-2-15(13-29)22-27-21(28-31-22)14-3-6-17(24)7-4-14/h3-8,12,15H,1-2,9-11,13H2,(H,26,30). The van der Waals surface area contributed by atoms with Gasteiger partial charge in [0.05, 0.1) is 11.6 Å². The minimum atomic E-state index is -0.563. The summed E-state index contributed by atoms with van der Waals surface area (Å²) in [5.41, 5.74) is 0.806. The van der Waals surface area contributed by atoms with Gasteiger partial charge in [-0.3, -0.25) is 4.79 Å². The third kappa shape index (κ3) is 5.45. The highest BCUT2D eigenvalue weighted by Gasteiger charge is 2.26. The normalized spacial score (nSPS) is 16.9. The summed E-state index contributed by atoms with van der Waals surface area (Å²) in [6.07, 6.45) is 2.08. The summed E-state index contributed by atoms with van der Waals surface area (Å²) in [6, 6.07) is 10.1. The molecule has 1 amide bonds. The van der Waals surface area contributed by atoms with Crippen molar-refractivity contribution in [1.29, 1.82) is 0 Å². The van der Waals surface area contributed by atoms with Gasteiger partial charge in [-0.15, -0.1) is 0 Å². The van der Waals surface area contributed by atoms with Gasteiger partial charge in [0.25, 0.3) is 0 Å². The van der Waals surface area contributed by atoms with Crippen LogP contribution in [-0.2, 0) is 4.79 Å². The van der Waals surface area contributed by atoms with E-state index < -0.39 is 5.82 Å². The van der Waals surface area contributed by atoms with Crippen molar-refractivity contribution in [2.45, 2.75) is 25.2 Å². The van der Waals surface area contributed by atoms with Gasteiger partial charge in [0.2, 0.25) is 17.6 Å². The highest BCUT2D eigenvalue weighted by atomic mass is 35.5. The van der Waals surface area contributed by atoms with E-state index in [-0.39, 0.29) is 34.8 Å². The van der Waals surface area contributed by atoms with Crippen LogP contribution >= 0.6 is 11.6 Å². The number of likely N-dealkylation sites (tertiary alicyclic amines) is 1. The quantitative estimate of drug-likeness (QED) is 0.584. The Kier molecular flexibility index (Phi) is 6.58. The second-order valence-corrected chi connectivity index (χ2v) is 7.96. The van der Waals surface area contributed by atoms with E-state index in [9.17, 15) is 13.6 Å². The first-order valence-corrected chi connectivity index (χ1v) is 10.4. The van der Waals surface area contributed by atoms with Crippen LogP contribution in [0.4, 0.5) is 14.5 Å². The lowest BCUT2D eigenvalue weighted by Crippen LogP contribution is -2.36. The molecule has 9 heteroatoms. The highest BCUT2D eigenvalue weighted by Crippen LogP contribution is 2.28. The molecule has 1 saturated heterocycles. The van der Waals surface area contributed by atoms with E-state index >= 15 is 0 Å². The SMILES string of the molecule is O=C(CCN1CCCC(c2nc(-c3ccc(F)cc3)no2)C1)Nc1ccc(Cl)cc1F. The molecule has 1 aliphatic rings. The Balaban J connectivity index is 1.31. The average molecular weight is 447 g/mol. The van der Waals surface area contributed by atoms with Crippen LogP contribution in [0.5, 0.6) is 0 Å². The van der Waals surface area contributed by atoms with Crippen molar-refractivity contribution in [2.24, 2.45) is 0 Å². The number of anilines is 1. The fraction of sp³-hybridized carbons (Fsp3) is 0.318. The molecule has 6 nitrogen and oxygen atoms in total. The molecule has 1 aromatic heterocycles. The molecular formula is C22H21ClF2N4O2. The molecule has 0 bridgehead atoms. The molecule has 0 radical (unpaired) electrons. The van der Waals surface area contributed by atoms with Crippen LogP contribution in [0.3, 0.4) is 0 Å². The van der Waals surface area contributed by atoms with Crippen LogP contribution in [0, 0.1) is 11.6 Å². The van der Waals surface area contributed by atoms with Crippen molar-refractivity contribution in [2.75, 3.05) is 25.0 Å². The maximum absolute atomic E-state index is 13.8. The molecule has 1 atom stereocenters. The molecule has 0 saturated carbocycles. The topological polar surface area (TPSA) is 71.3 Å². The molecule has 0 spiro atoms. The summed E-state index contributed by atoms with van der Waals surface area (Å²) in [4.78, 5) is 18.9. The number of piperidine rings is 1. The lowest BCUT2D eigenvalue weighted by molar-refractivity contribution is -0.116. The molecule has 31 heavy (non-hydrogen) atoms. The second kappa shape index (κ2) is 9.53. The number of halogens is 3. The van der Waals surface area contributed by atoms with Gasteiger partial charge in [-0.2, -0.15) is 4.98 Å². The van der Waals surface area contributed by atoms with Gasteiger partial charge in [0.15, 0.2) is 0 Å². The van der Waals surface area contributed by atoms with Crippen LogP contribution in [0.2, 0.25) is 5.02 Å². The number of benzene rings is 2. The molecule has 162 valence electrons. The van der Waals surface area contributed by atoms with Crippen molar-refractivity contribution < 1.29 is 18.1 Å². The maximum Gasteiger partial charge on any atom is 0.231 e. The number of hydrogen-bond donors (Lipinski definition) is 1. The zero-order valence-electron chi connectivity index (χ0n) is 16.7. The largest absolute Gasteiger partial charge is 0.339 e. The van der Waals surface area contributed by atoms with Gasteiger partial charge < -0.3 is 14.7 Å². The van der Waals surface area contributed by atoms with Gasteiger partial charge in [0.1, 0.15) is 11.6 Å². The molecule has 4 rings (SSSR count). The van der Waals surface area contributed by atoms with Crippen LogP contribution in [0.1, 0.15) is 31.1 Å². The fourth-order valence-electron chi connectivity index (χ4n) is 3.64. The number of hydrogen-bond acceptors (Lipinski definition) is 5. The number of carbonyl (C=O) groups excluding carboxylic acids is 1. The summed E-state index contributed by atoms with van der Waals surface area (Å²) < 4.78 is 32.4. The molecular weight excluding hydrogens is 426 g/mol. The molecule has 1 fully saturated rings. The van der Waals surface area contributed by atoms with Crippen LogP contribution in [0.25, 0.3) is 11.4 Å². The van der Waals surface area contributed by atoms with Crippen LogP contribution in [0.15, 0.2) is 47.0 Å². The number of amides is 1. The number of aromatic nitrogens is 2. The smallest absolute Gasteiger partial charge is 0.231 e. The van der Waals surface area contributed by atoms with Crippen LogP contribution < -0.4 is 5.32 Å². The summed E-state index contributed by atoms with van der Waals surface area (Å²) >= 11 is 5.73. The minimum Gasteiger partial charge on any atom is -0.339 e. The van der Waals surface area contributed by atoms with Crippen LogP contribution in [-0.4, -0.2) is 40.6 Å². The Hall–Kier alpha value is -2.84. The van der Waals surface area contributed by atoms with Gasteiger partial charge in [0, 0.05) is 30.1 Å². The third-order valence-electron chi connectivity index (χ3n) is 5.26. The van der Waals surface area contributed by atoms with Gasteiger partial charge >= 0.3 is 0 Å². The molecule has 1 N–H and O–H groups in total. The van der Waals surface area contributed by atoms with Gasteiger partial charge in [-0.05, 0) is 61.9 Å². The van der Waals surface area contributed by atoms with Crippen molar-refractivity contribution in [3.8, 4) is 11.4 Å². The zero-order valence-corrected chi connectivity index (χ0v) is 17.4. The summed E-state index contributed by atoms with van der Waals surface area (Å²) in [7, 11) is 0. The molecule has 0 aliphatic carbocycles. The molecule has 3 aromatic rings. The number of carbonyl (C=O) groups is 1. The Morgan fingerprint density at radius 2 is 2.03 bits per heavy atom. The lowest BCUT2D eigenvalue weighted by Gasteiger charge is -2.30. The first-order chi connectivity index (χ1) is 15.0. The molecule has 1 aliphatic heterocycles. The van der Waals surface area contributed by atoms with Crippen molar-refractivity contribution in [3.63, 3.8) is 0 Å². The average Bonchev–Trinajstić information content (AvgIpc) is 3.25. The molecule has 2 heterocycles. The van der Waals surface area contributed by atoms with Gasteiger partial charge in [-0.1, -0.05) is 16.8 Å². The van der Waals surface area contributed by atoms with E-state index in [1.54, 1.807) is 12.1 Å². The lowest BCUT2D eigenvalue weighted by atomic mass is 9.98. The Morgan fingerprint density at radius 1 is 1.23 bits per heavy atom. The number of rotatable bonds is 6. The van der Waals surface area contributed by atoms with Crippen molar-refractivity contribution in [3.05, 3.63) is 65.0 Å². The predicted octanol–water partition coefficient (Wildman–Crippen LogP) is 4.88. The Bertz CT molecular complexity index is 1060. The highest BCUT2D eigenvalue weighted by molar-refractivity contribution is 6.30. The summed E-state index contributed by atoms with van der Waals surface area (Å²) in [6.45, 7) is 2.09. The van der Waals surface area contributed by atoms with Gasteiger partial charge in [-0.25, -0.2) is 8.78 Å². The van der Waals surface area contributed by atoms with Crippen molar-refractivity contribution in [1.82, 2.24) is 15.0 Å². The first-order valence-electron chi connectivity index (χ1n) is 10.0. The second-order valence-electron chi connectivity index (χ2n) is 7.53. The van der Waals surface area contributed by atoms with Crippen molar-refractivity contribution >= 4 is 23.2 Å². The van der Waals surface area contributed by atoms with E-state index in [1.807, 2.05) is 0 Å². The third-order valence-corrected chi connectivity index (χ3v) is 5.49. The first kappa shape index (κ1) is 21.4. The predicted molar refractivity (Wildman–Crippen MR) is 113 cm³/mol. The monoisotopic (exact) mass is 446 g/mol. The van der Waals surface area contributed by atoms with E-state index in [1.165, 1.54) is 24.3 Å². The summed E-state index contributed by atoms with van der Waals surface area (Å²) in [5.74, 6) is -0.120. The summed E-state index contributed by atoms with van der Waals surface area (Å²) in [5, 5.41) is 6.87. The number of nitrogens with zero attached hydrogens (tertiary/aromatic N) is 3. The maximum atomic E-state index is 13.8.